The van der Waals surface area contributed by atoms with E-state index in [1.54, 1.807) is 31.2 Å². The number of benzene rings is 3. The Labute approximate surface area is 232 Å². The molecule has 0 spiro atoms. The zero-order chi connectivity index (χ0) is 27.5. The highest BCUT2D eigenvalue weighted by atomic mass is 32.2. The predicted molar refractivity (Wildman–Crippen MR) is 152 cm³/mol. The summed E-state index contributed by atoms with van der Waals surface area (Å²) >= 11 is 0. The van der Waals surface area contributed by atoms with E-state index in [9.17, 15) is 13.2 Å². The fourth-order valence-electron chi connectivity index (χ4n) is 5.16. The minimum Gasteiger partial charge on any atom is -0.463 e. The average molecular weight is 548 g/mol. The van der Waals surface area contributed by atoms with Crippen molar-refractivity contribution in [2.24, 2.45) is 0 Å². The maximum Gasteiger partial charge on any atom is 0.332 e. The molecule has 0 aliphatic carbocycles. The van der Waals surface area contributed by atoms with Crippen LogP contribution < -0.4 is 0 Å². The quantitative estimate of drug-likeness (QED) is 0.159. The third-order valence-corrected chi connectivity index (χ3v) is 9.30. The van der Waals surface area contributed by atoms with Crippen LogP contribution in [0, 0.1) is 0 Å². The van der Waals surface area contributed by atoms with E-state index in [4.69, 9.17) is 9.47 Å². The zero-order valence-electron chi connectivity index (χ0n) is 22.4. The van der Waals surface area contributed by atoms with Crippen LogP contribution in [0.4, 0.5) is 0 Å². The number of allylic oxidation sites excluding steroid dienone is 1. The molecule has 1 fully saturated rings. The molecule has 206 valence electrons. The molecule has 4 rings (SSSR count). The van der Waals surface area contributed by atoms with E-state index >= 15 is 0 Å². The first-order chi connectivity index (χ1) is 19.0. The predicted octanol–water partition coefficient (Wildman–Crippen LogP) is 5.94. The molecule has 2 atom stereocenters. The van der Waals surface area contributed by atoms with Crippen molar-refractivity contribution >= 4 is 15.8 Å². The Morgan fingerprint density at radius 3 is 2.18 bits per heavy atom. The molecule has 3 aromatic rings. The molecule has 0 saturated carbocycles. The van der Waals surface area contributed by atoms with Crippen LogP contribution in [0.3, 0.4) is 0 Å². The second-order valence-corrected chi connectivity index (χ2v) is 11.9. The van der Waals surface area contributed by atoms with Crippen LogP contribution in [0.15, 0.2) is 108 Å². The summed E-state index contributed by atoms with van der Waals surface area (Å²) < 4.78 is 39.0. The van der Waals surface area contributed by atoms with Gasteiger partial charge in [-0.2, -0.15) is 0 Å². The lowest BCUT2D eigenvalue weighted by Crippen LogP contribution is -2.50. The first-order valence-electron chi connectivity index (χ1n) is 13.6. The van der Waals surface area contributed by atoms with Crippen LogP contribution in [0.1, 0.15) is 43.7 Å². The summed E-state index contributed by atoms with van der Waals surface area (Å²) in [6, 6.07) is 28.3. The van der Waals surface area contributed by atoms with E-state index in [1.165, 1.54) is 6.08 Å². The summed E-state index contributed by atoms with van der Waals surface area (Å²) in [4.78, 5) is 14.9. The third kappa shape index (κ3) is 7.80. The van der Waals surface area contributed by atoms with Crippen LogP contribution in [0.25, 0.3) is 0 Å². The first kappa shape index (κ1) is 28.6. The van der Waals surface area contributed by atoms with Gasteiger partial charge in [0.2, 0.25) is 0 Å². The van der Waals surface area contributed by atoms with Crippen LogP contribution >= 0.6 is 0 Å². The largest absolute Gasteiger partial charge is 0.463 e. The monoisotopic (exact) mass is 547 g/mol. The summed E-state index contributed by atoms with van der Waals surface area (Å²) in [6.07, 6.45) is 3.75. The minimum atomic E-state index is -3.61. The minimum absolute atomic E-state index is 0.286. The second kappa shape index (κ2) is 14.1. The Kier molecular flexibility index (Phi) is 10.3. The number of piperidine rings is 1. The summed E-state index contributed by atoms with van der Waals surface area (Å²) in [7, 11) is -3.61. The fourth-order valence-corrected chi connectivity index (χ4v) is 7.17. The van der Waals surface area contributed by atoms with Gasteiger partial charge < -0.3 is 14.4 Å². The second-order valence-electron chi connectivity index (χ2n) is 9.68. The Hall–Kier alpha value is -3.42. The van der Waals surface area contributed by atoms with Gasteiger partial charge in [0, 0.05) is 31.0 Å². The van der Waals surface area contributed by atoms with Gasteiger partial charge in [0.15, 0.2) is 9.84 Å². The van der Waals surface area contributed by atoms with Crippen molar-refractivity contribution in [2.75, 3.05) is 13.2 Å². The number of hydrogen-bond acceptors (Lipinski definition) is 6. The van der Waals surface area contributed by atoms with Crippen molar-refractivity contribution in [3.05, 3.63) is 114 Å². The fraction of sp³-hybridized carbons (Fsp3) is 0.344. The number of carbonyl (C=O) groups is 1. The van der Waals surface area contributed by atoms with Gasteiger partial charge in [-0.05, 0) is 55.9 Å². The molecule has 1 aliphatic heterocycles. The molecule has 0 bridgehead atoms. The number of hydrogen-bond donors (Lipinski definition) is 0. The van der Waals surface area contributed by atoms with Crippen molar-refractivity contribution < 1.29 is 22.7 Å². The first-order valence-corrected chi connectivity index (χ1v) is 15.1. The summed E-state index contributed by atoms with van der Waals surface area (Å²) in [5.74, 6) is -0.403. The van der Waals surface area contributed by atoms with Crippen molar-refractivity contribution in [1.82, 2.24) is 4.90 Å². The maximum absolute atomic E-state index is 13.9. The average Bonchev–Trinajstić information content (AvgIpc) is 2.96. The van der Waals surface area contributed by atoms with Gasteiger partial charge in [0.05, 0.1) is 23.4 Å². The highest BCUT2D eigenvalue weighted by Gasteiger charge is 2.41. The summed E-state index contributed by atoms with van der Waals surface area (Å²) in [5, 5.41) is -0.614. The van der Waals surface area contributed by atoms with Gasteiger partial charge in [0.1, 0.15) is 0 Å². The van der Waals surface area contributed by atoms with E-state index in [0.717, 1.165) is 16.8 Å². The Morgan fingerprint density at radius 2 is 1.54 bits per heavy atom. The Balaban J connectivity index is 1.61. The van der Waals surface area contributed by atoms with Gasteiger partial charge in [-0.3, -0.25) is 0 Å². The van der Waals surface area contributed by atoms with E-state index in [0.29, 0.717) is 50.3 Å². The molecule has 3 aromatic carbocycles. The summed E-state index contributed by atoms with van der Waals surface area (Å²) in [5.41, 5.74) is 2.97. The van der Waals surface area contributed by atoms with Gasteiger partial charge in [-0.25, -0.2) is 13.2 Å². The van der Waals surface area contributed by atoms with E-state index in [-0.39, 0.29) is 12.6 Å². The van der Waals surface area contributed by atoms with Gasteiger partial charge in [0.25, 0.3) is 0 Å². The van der Waals surface area contributed by atoms with Crippen LogP contribution in [0.2, 0.25) is 0 Å². The lowest BCUT2D eigenvalue weighted by Gasteiger charge is -2.44. The number of carbonyl (C=O) groups excluding carboxylic acids is 1. The molecular weight excluding hydrogens is 510 g/mol. The number of rotatable bonds is 12. The molecule has 1 saturated heterocycles. The Bertz CT molecular complexity index is 1310. The molecule has 0 radical (unpaired) electrons. The molecular formula is C32H37NO5S. The highest BCUT2D eigenvalue weighted by molar-refractivity contribution is 7.92. The molecule has 1 aliphatic rings. The number of likely N-dealkylation sites (tertiary alicyclic amines) is 1. The SMILES string of the molecule is CCOC(=O)/C=C1\CC[C@@H](S(=O)(=O)c2ccccc2)[C@H](CCCOCc2ccccc2)N1Cc1ccccc1. The topological polar surface area (TPSA) is 72.9 Å². The highest BCUT2D eigenvalue weighted by Crippen LogP contribution is 2.36. The van der Waals surface area contributed by atoms with Gasteiger partial charge in [-0.1, -0.05) is 78.9 Å². The zero-order valence-corrected chi connectivity index (χ0v) is 23.3. The number of ether oxygens (including phenoxy) is 2. The van der Waals surface area contributed by atoms with Crippen molar-refractivity contribution in [1.29, 1.82) is 0 Å². The Morgan fingerprint density at radius 1 is 0.923 bits per heavy atom. The van der Waals surface area contributed by atoms with Crippen LogP contribution in [-0.2, 0) is 37.3 Å². The molecule has 1 heterocycles. The molecule has 7 heteroatoms. The van der Waals surface area contributed by atoms with E-state index in [2.05, 4.69) is 4.90 Å². The van der Waals surface area contributed by atoms with Gasteiger partial charge in [-0.15, -0.1) is 0 Å². The number of esters is 1. The van der Waals surface area contributed by atoms with Gasteiger partial charge >= 0.3 is 5.97 Å². The number of nitrogens with zero attached hydrogens (tertiary/aromatic N) is 1. The molecule has 0 N–H and O–H groups in total. The van der Waals surface area contributed by atoms with E-state index < -0.39 is 21.1 Å². The molecule has 0 amide bonds. The number of sulfone groups is 1. The van der Waals surface area contributed by atoms with Crippen molar-refractivity contribution in [3.63, 3.8) is 0 Å². The van der Waals surface area contributed by atoms with Crippen LogP contribution in [0.5, 0.6) is 0 Å². The third-order valence-electron chi connectivity index (χ3n) is 7.02. The van der Waals surface area contributed by atoms with Crippen molar-refractivity contribution in [2.45, 2.75) is 61.9 Å². The molecule has 6 nitrogen and oxygen atoms in total. The van der Waals surface area contributed by atoms with Crippen LogP contribution in [-0.4, -0.2) is 43.8 Å². The lowest BCUT2D eigenvalue weighted by atomic mass is 9.94. The van der Waals surface area contributed by atoms with Crippen molar-refractivity contribution in [3.8, 4) is 0 Å². The molecule has 0 aromatic heterocycles. The smallest absolute Gasteiger partial charge is 0.332 e. The maximum atomic E-state index is 13.9. The summed E-state index contributed by atoms with van der Waals surface area (Å²) in [6.45, 7) is 3.59. The molecule has 0 unspecified atom stereocenters. The lowest BCUT2D eigenvalue weighted by molar-refractivity contribution is -0.137. The standard InChI is InChI=1S/C32H37NO5S/c1-2-38-32(34)23-28-20-21-31(39(35,36)29-17-10-5-11-18-29)30(33(28)24-26-13-6-3-7-14-26)19-12-22-37-25-27-15-8-4-9-16-27/h3-11,13-18,23,30-31H,2,12,19-22,24-25H2,1H3/b28-23+/t30-,31+/m0/s1. The molecule has 39 heavy (non-hydrogen) atoms. The normalized spacial score (nSPS) is 18.7. The van der Waals surface area contributed by atoms with E-state index in [1.807, 2.05) is 66.7 Å².